The summed E-state index contributed by atoms with van der Waals surface area (Å²) in [7, 11) is 0. The highest BCUT2D eigenvalue weighted by atomic mass is 35.5. The summed E-state index contributed by atoms with van der Waals surface area (Å²) in [6.45, 7) is 11.9. The normalized spacial score (nSPS) is 20.4. The summed E-state index contributed by atoms with van der Waals surface area (Å²) >= 11 is 7.56. The molecule has 0 atom stereocenters. The smallest absolute Gasteiger partial charge is 0.293 e. The summed E-state index contributed by atoms with van der Waals surface area (Å²) in [4.78, 5) is 28.6. The van der Waals surface area contributed by atoms with Crippen LogP contribution in [-0.2, 0) is 4.79 Å². The summed E-state index contributed by atoms with van der Waals surface area (Å²) in [5.74, 6) is -0.232. The Labute approximate surface area is 170 Å². The van der Waals surface area contributed by atoms with Crippen molar-refractivity contribution in [3.63, 3.8) is 0 Å². The van der Waals surface area contributed by atoms with E-state index in [1.165, 1.54) is 10.5 Å². The van der Waals surface area contributed by atoms with Gasteiger partial charge in [0.1, 0.15) is 0 Å². The largest absolute Gasteiger partial charge is 0.363 e. The quantitative estimate of drug-likeness (QED) is 0.594. The van der Waals surface area contributed by atoms with E-state index in [4.69, 9.17) is 11.6 Å². The Morgan fingerprint density at radius 1 is 1.22 bits per heavy atom. The lowest BCUT2D eigenvalue weighted by molar-refractivity contribution is -0.122. The molecule has 4 nitrogen and oxygen atoms in total. The molecule has 0 N–H and O–H groups in total. The number of amides is 2. The van der Waals surface area contributed by atoms with Crippen LogP contribution in [0.2, 0.25) is 5.02 Å². The number of allylic oxidation sites excluding steroid dienone is 1. The molecule has 0 spiro atoms. The Balaban J connectivity index is 2.04. The maximum atomic E-state index is 12.5. The summed E-state index contributed by atoms with van der Waals surface area (Å²) in [6, 6.07) is 4.00. The predicted molar refractivity (Wildman–Crippen MR) is 115 cm³/mol. The fourth-order valence-corrected chi connectivity index (χ4v) is 4.93. The molecular weight excluding hydrogens is 380 g/mol. The molecule has 3 rings (SSSR count). The first kappa shape index (κ1) is 20.0. The lowest BCUT2D eigenvalue weighted by Gasteiger charge is -2.43. The molecule has 144 valence electrons. The minimum Gasteiger partial charge on any atom is -0.363 e. The zero-order chi connectivity index (χ0) is 19.9. The second-order valence-electron chi connectivity index (χ2n) is 7.45. The Bertz CT molecular complexity index is 873. The third kappa shape index (κ3) is 3.55. The Morgan fingerprint density at radius 3 is 2.56 bits per heavy atom. The second kappa shape index (κ2) is 7.36. The van der Waals surface area contributed by atoms with Crippen LogP contribution in [-0.4, -0.2) is 34.7 Å². The number of carbonyl (C=O) groups is 2. The Hall–Kier alpha value is -1.72. The first-order valence-corrected chi connectivity index (χ1v) is 10.5. The van der Waals surface area contributed by atoms with Gasteiger partial charge < -0.3 is 4.90 Å². The van der Waals surface area contributed by atoms with Gasteiger partial charge in [-0.25, -0.2) is 0 Å². The van der Waals surface area contributed by atoms with E-state index >= 15 is 0 Å². The second-order valence-corrected chi connectivity index (χ2v) is 8.85. The van der Waals surface area contributed by atoms with Crippen molar-refractivity contribution >= 4 is 51.8 Å². The molecule has 0 bridgehead atoms. The van der Waals surface area contributed by atoms with E-state index in [0.29, 0.717) is 16.5 Å². The van der Waals surface area contributed by atoms with Crippen LogP contribution in [0.25, 0.3) is 11.6 Å². The number of thioether (sulfide) groups is 1. The monoisotopic (exact) mass is 404 g/mol. The number of halogens is 1. The lowest BCUT2D eigenvalue weighted by atomic mass is 9.88. The zero-order valence-corrected chi connectivity index (χ0v) is 18.0. The van der Waals surface area contributed by atoms with Crippen LogP contribution >= 0.6 is 23.4 Å². The van der Waals surface area contributed by atoms with Gasteiger partial charge in [0.15, 0.2) is 0 Å². The number of hydrogen-bond donors (Lipinski definition) is 0. The van der Waals surface area contributed by atoms with E-state index in [-0.39, 0.29) is 16.7 Å². The molecular formula is C21H25ClN2O2S. The van der Waals surface area contributed by atoms with Crippen molar-refractivity contribution in [1.82, 2.24) is 4.90 Å². The van der Waals surface area contributed by atoms with Crippen LogP contribution in [0.5, 0.6) is 0 Å². The van der Waals surface area contributed by atoms with Gasteiger partial charge in [0.05, 0.1) is 10.4 Å². The Morgan fingerprint density at radius 2 is 1.93 bits per heavy atom. The number of hydrogen-bond acceptors (Lipinski definition) is 4. The van der Waals surface area contributed by atoms with Crippen molar-refractivity contribution in [1.29, 1.82) is 0 Å². The van der Waals surface area contributed by atoms with E-state index < -0.39 is 0 Å². The predicted octanol–water partition coefficient (Wildman–Crippen LogP) is 5.81. The van der Waals surface area contributed by atoms with Gasteiger partial charge in [-0.3, -0.25) is 14.5 Å². The molecule has 27 heavy (non-hydrogen) atoms. The van der Waals surface area contributed by atoms with Crippen molar-refractivity contribution in [3.8, 4) is 0 Å². The molecule has 1 aromatic rings. The van der Waals surface area contributed by atoms with Gasteiger partial charge in [-0.2, -0.15) is 0 Å². The van der Waals surface area contributed by atoms with Gasteiger partial charge in [0.2, 0.25) is 0 Å². The summed E-state index contributed by atoms with van der Waals surface area (Å²) in [5.41, 5.74) is 4.08. The van der Waals surface area contributed by atoms with Crippen LogP contribution in [0, 0.1) is 0 Å². The average molecular weight is 405 g/mol. The van der Waals surface area contributed by atoms with Crippen LogP contribution in [0.4, 0.5) is 10.5 Å². The molecule has 0 radical (unpaired) electrons. The van der Waals surface area contributed by atoms with Crippen LogP contribution < -0.4 is 4.90 Å². The van der Waals surface area contributed by atoms with Crippen LogP contribution in [0.1, 0.15) is 52.2 Å². The third-order valence-electron chi connectivity index (χ3n) is 5.02. The number of imide groups is 1. The van der Waals surface area contributed by atoms with Crippen molar-refractivity contribution in [2.45, 2.75) is 46.6 Å². The molecule has 0 aromatic heterocycles. The molecule has 6 heteroatoms. The SMILES string of the molecule is CCCN1C(=O)S/C(=C/c2cc3c(cc2Cl)N(CC)C(C)(C)C=C3C)C1=O. The number of likely N-dealkylation sites (N-methyl/N-ethyl adjacent to an activating group) is 1. The lowest BCUT2D eigenvalue weighted by Crippen LogP contribution is -2.44. The van der Waals surface area contributed by atoms with Gasteiger partial charge in [0, 0.05) is 29.4 Å². The van der Waals surface area contributed by atoms with Crippen LogP contribution in [0.3, 0.4) is 0 Å². The van der Waals surface area contributed by atoms with E-state index in [0.717, 1.165) is 41.5 Å². The minimum absolute atomic E-state index is 0.0838. The zero-order valence-electron chi connectivity index (χ0n) is 16.4. The summed E-state index contributed by atoms with van der Waals surface area (Å²) in [6.07, 6.45) is 4.75. The van der Waals surface area contributed by atoms with Crippen molar-refractivity contribution in [2.24, 2.45) is 0 Å². The maximum Gasteiger partial charge on any atom is 0.293 e. The fraction of sp³-hybridized carbons (Fsp3) is 0.429. The average Bonchev–Trinajstić information content (AvgIpc) is 2.84. The number of carbonyl (C=O) groups excluding carboxylic acids is 2. The number of fused-ring (bicyclic) bond motifs is 1. The van der Waals surface area contributed by atoms with Crippen LogP contribution in [0.15, 0.2) is 23.1 Å². The molecule has 2 aliphatic rings. The highest BCUT2D eigenvalue weighted by molar-refractivity contribution is 8.18. The van der Waals surface area contributed by atoms with Gasteiger partial charge in [0.25, 0.3) is 11.1 Å². The number of nitrogens with zero attached hydrogens (tertiary/aromatic N) is 2. The van der Waals surface area contributed by atoms with E-state index in [1.807, 2.05) is 19.1 Å². The molecule has 2 aliphatic heterocycles. The minimum atomic E-state index is -0.232. The fourth-order valence-electron chi connectivity index (χ4n) is 3.86. The molecule has 0 aliphatic carbocycles. The summed E-state index contributed by atoms with van der Waals surface area (Å²) in [5, 5.41) is 0.372. The van der Waals surface area contributed by atoms with Gasteiger partial charge >= 0.3 is 0 Å². The van der Waals surface area contributed by atoms with E-state index in [1.54, 1.807) is 6.08 Å². The van der Waals surface area contributed by atoms with Gasteiger partial charge in [-0.1, -0.05) is 24.6 Å². The molecule has 0 unspecified atom stereocenters. The van der Waals surface area contributed by atoms with E-state index in [9.17, 15) is 9.59 Å². The topological polar surface area (TPSA) is 40.6 Å². The molecule has 1 fully saturated rings. The Kier molecular flexibility index (Phi) is 5.46. The molecule has 2 heterocycles. The molecule has 1 saturated heterocycles. The maximum absolute atomic E-state index is 12.5. The van der Waals surface area contributed by atoms with Gasteiger partial charge in [-0.05, 0) is 75.2 Å². The highest BCUT2D eigenvalue weighted by Crippen LogP contribution is 2.42. The standard InChI is InChI=1S/C21H25ClN2O2S/c1-6-8-23-19(25)18(27-20(23)26)10-14-9-15-13(3)12-21(4,5)24(7-2)17(15)11-16(14)22/h9-12H,6-8H2,1-5H3/b18-10+. The molecule has 0 saturated carbocycles. The number of benzene rings is 1. The number of anilines is 1. The van der Waals surface area contributed by atoms with Gasteiger partial charge in [-0.15, -0.1) is 0 Å². The van der Waals surface area contributed by atoms with Crippen molar-refractivity contribution < 1.29 is 9.59 Å². The summed E-state index contributed by atoms with van der Waals surface area (Å²) < 4.78 is 0. The third-order valence-corrected chi connectivity index (χ3v) is 6.25. The van der Waals surface area contributed by atoms with Crippen molar-refractivity contribution in [3.05, 3.63) is 39.3 Å². The molecule has 1 aromatic carbocycles. The first-order valence-electron chi connectivity index (χ1n) is 9.26. The van der Waals surface area contributed by atoms with Crippen molar-refractivity contribution in [2.75, 3.05) is 18.0 Å². The highest BCUT2D eigenvalue weighted by Gasteiger charge is 2.35. The molecule has 2 amide bonds. The first-order chi connectivity index (χ1) is 12.7. The van der Waals surface area contributed by atoms with E-state index in [2.05, 4.69) is 38.7 Å². The number of rotatable bonds is 4.